The van der Waals surface area contributed by atoms with Crippen LogP contribution < -0.4 is 22.3 Å². The minimum atomic E-state index is -0.486. The van der Waals surface area contributed by atoms with E-state index in [-0.39, 0.29) is 24.0 Å². The maximum atomic E-state index is 12.1. The number of aromatic nitrogens is 6. The van der Waals surface area contributed by atoms with Gasteiger partial charge in [-0.3, -0.25) is 18.8 Å². The Bertz CT molecular complexity index is 1470. The Morgan fingerprint density at radius 2 is 1.91 bits per heavy atom. The number of amides is 1. The second-order valence-corrected chi connectivity index (χ2v) is 7.94. The summed E-state index contributed by atoms with van der Waals surface area (Å²) in [4.78, 5) is 38.2. The molecule has 0 saturated carbocycles. The molecule has 1 amide bonds. The molecule has 0 aliphatic carbocycles. The van der Waals surface area contributed by atoms with Gasteiger partial charge in [0.05, 0.1) is 5.69 Å². The second-order valence-electron chi connectivity index (χ2n) is 7.94. The Labute approximate surface area is 187 Å². The van der Waals surface area contributed by atoms with E-state index in [9.17, 15) is 9.59 Å². The van der Waals surface area contributed by atoms with E-state index >= 15 is 0 Å². The van der Waals surface area contributed by atoms with Crippen molar-refractivity contribution in [2.24, 2.45) is 0 Å². The molecule has 1 aliphatic rings. The molecule has 5 N–H and O–H groups in total. The predicted octanol–water partition coefficient (Wildman–Crippen LogP) is 0.603. The summed E-state index contributed by atoms with van der Waals surface area (Å²) in [6.45, 7) is 2.57. The quantitative estimate of drug-likeness (QED) is 0.409. The first-order valence-electron chi connectivity index (χ1n) is 10.3. The molecule has 12 nitrogen and oxygen atoms in total. The van der Waals surface area contributed by atoms with Crippen molar-refractivity contribution in [1.82, 2.24) is 34.2 Å². The molecule has 4 aromatic rings. The summed E-state index contributed by atoms with van der Waals surface area (Å²) in [7, 11) is 1.79. The van der Waals surface area contributed by atoms with Crippen LogP contribution in [0, 0.1) is 6.92 Å². The van der Waals surface area contributed by atoms with Gasteiger partial charge in [-0.1, -0.05) is 0 Å². The summed E-state index contributed by atoms with van der Waals surface area (Å²) in [5.74, 6) is 1.95. The van der Waals surface area contributed by atoms with Gasteiger partial charge in [-0.15, -0.1) is 0 Å². The highest BCUT2D eigenvalue weighted by Gasteiger charge is 2.19. The zero-order valence-corrected chi connectivity index (χ0v) is 18.1. The number of rotatable bonds is 3. The molecule has 1 aliphatic heterocycles. The fourth-order valence-electron chi connectivity index (χ4n) is 3.77. The highest BCUT2D eigenvalue weighted by Crippen LogP contribution is 2.26. The van der Waals surface area contributed by atoms with Gasteiger partial charge >= 0.3 is 0 Å². The lowest BCUT2D eigenvalue weighted by atomic mass is 10.2. The maximum Gasteiger partial charge on any atom is 0.296 e. The Hall–Kier alpha value is -4.48. The Morgan fingerprint density at radius 3 is 2.73 bits per heavy atom. The Kier molecular flexibility index (Phi) is 4.69. The molecule has 4 aromatic heterocycles. The van der Waals surface area contributed by atoms with E-state index in [1.165, 1.54) is 6.33 Å². The number of anilines is 4. The third kappa shape index (κ3) is 3.60. The molecule has 0 atom stereocenters. The van der Waals surface area contributed by atoms with Crippen LogP contribution in [0.25, 0.3) is 16.6 Å². The predicted molar refractivity (Wildman–Crippen MR) is 123 cm³/mol. The number of nitrogens with two attached hydrogens (primary N) is 2. The first-order chi connectivity index (χ1) is 15.8. The van der Waals surface area contributed by atoms with Crippen molar-refractivity contribution in [3.63, 3.8) is 0 Å². The van der Waals surface area contributed by atoms with Crippen molar-refractivity contribution < 1.29 is 4.79 Å². The van der Waals surface area contributed by atoms with Crippen LogP contribution in [0.2, 0.25) is 0 Å². The molecule has 0 saturated heterocycles. The topological polar surface area (TPSA) is 163 Å². The molecular formula is C21H22N10O2. The highest BCUT2D eigenvalue weighted by molar-refractivity contribution is 5.93. The lowest BCUT2D eigenvalue weighted by molar-refractivity contribution is -0.130. The number of pyridine rings is 2. The van der Waals surface area contributed by atoms with Gasteiger partial charge < -0.3 is 21.7 Å². The van der Waals surface area contributed by atoms with E-state index in [4.69, 9.17) is 11.5 Å². The number of nitrogen functional groups attached to an aromatic ring is 2. The smallest absolute Gasteiger partial charge is 0.296 e. The summed E-state index contributed by atoms with van der Waals surface area (Å²) in [5, 5.41) is 9.17. The van der Waals surface area contributed by atoms with Crippen molar-refractivity contribution in [2.45, 2.75) is 19.9 Å². The molecule has 33 heavy (non-hydrogen) atoms. The van der Waals surface area contributed by atoms with E-state index in [0.717, 1.165) is 17.5 Å². The van der Waals surface area contributed by atoms with E-state index in [0.29, 0.717) is 35.1 Å². The minimum Gasteiger partial charge on any atom is -0.393 e. The summed E-state index contributed by atoms with van der Waals surface area (Å²) < 4.78 is 3.33. The zero-order chi connectivity index (χ0) is 23.3. The van der Waals surface area contributed by atoms with E-state index in [2.05, 4.69) is 25.4 Å². The number of likely N-dealkylation sites (N-methyl/N-ethyl adjacent to an activating group) is 1. The van der Waals surface area contributed by atoms with Gasteiger partial charge in [0.1, 0.15) is 36.0 Å². The van der Waals surface area contributed by atoms with Crippen LogP contribution in [0.15, 0.2) is 35.5 Å². The number of nitrogens with zero attached hydrogens (tertiary/aromatic N) is 7. The van der Waals surface area contributed by atoms with Crippen LogP contribution in [0.1, 0.15) is 11.4 Å². The van der Waals surface area contributed by atoms with E-state index < -0.39 is 5.56 Å². The first kappa shape index (κ1) is 20.4. The molecule has 12 heteroatoms. The summed E-state index contributed by atoms with van der Waals surface area (Å²) in [6.07, 6.45) is 3.73. The van der Waals surface area contributed by atoms with Crippen molar-refractivity contribution in [3.8, 4) is 5.82 Å². The van der Waals surface area contributed by atoms with Crippen LogP contribution in [0.4, 0.5) is 23.1 Å². The monoisotopic (exact) mass is 446 g/mol. The third-order valence-corrected chi connectivity index (χ3v) is 5.78. The van der Waals surface area contributed by atoms with Crippen LogP contribution in [-0.2, 0) is 17.8 Å². The van der Waals surface area contributed by atoms with Crippen LogP contribution in [0.5, 0.6) is 0 Å². The van der Waals surface area contributed by atoms with Gasteiger partial charge in [0.15, 0.2) is 5.82 Å². The fourth-order valence-corrected chi connectivity index (χ4v) is 3.77. The zero-order valence-electron chi connectivity index (χ0n) is 18.1. The van der Waals surface area contributed by atoms with Crippen LogP contribution in [-0.4, -0.2) is 53.7 Å². The molecule has 0 fully saturated rings. The number of carbonyl (C=O) groups is 1. The fraction of sp³-hybridized carbons (Fsp3) is 0.238. The summed E-state index contributed by atoms with van der Waals surface area (Å²) in [6, 6.07) is 5.56. The molecule has 5 heterocycles. The van der Waals surface area contributed by atoms with Crippen LogP contribution >= 0.6 is 0 Å². The largest absolute Gasteiger partial charge is 0.393 e. The third-order valence-electron chi connectivity index (χ3n) is 5.78. The van der Waals surface area contributed by atoms with Crippen molar-refractivity contribution in [3.05, 3.63) is 52.5 Å². The number of carbonyl (C=O) groups excluding carboxylic acids is 1. The van der Waals surface area contributed by atoms with Crippen molar-refractivity contribution >= 4 is 39.8 Å². The lowest BCUT2D eigenvalue weighted by Gasteiger charge is -2.13. The molecule has 0 radical (unpaired) electrons. The second kappa shape index (κ2) is 7.58. The van der Waals surface area contributed by atoms with Gasteiger partial charge in [0.25, 0.3) is 5.56 Å². The molecule has 0 unspecified atom stereocenters. The number of hydrogen-bond acceptors (Lipinski definition) is 9. The van der Waals surface area contributed by atoms with Gasteiger partial charge in [-0.2, -0.15) is 10.1 Å². The van der Waals surface area contributed by atoms with Crippen molar-refractivity contribution in [2.75, 3.05) is 30.4 Å². The first-order valence-corrected chi connectivity index (χ1v) is 10.3. The highest BCUT2D eigenvalue weighted by atomic mass is 16.2. The van der Waals surface area contributed by atoms with E-state index in [1.807, 2.05) is 18.2 Å². The minimum absolute atomic E-state index is 0.0238. The summed E-state index contributed by atoms with van der Waals surface area (Å²) in [5.41, 5.74) is 13.1. The summed E-state index contributed by atoms with van der Waals surface area (Å²) >= 11 is 0. The van der Waals surface area contributed by atoms with Gasteiger partial charge in [-0.05, 0) is 24.4 Å². The Morgan fingerprint density at radius 1 is 1.09 bits per heavy atom. The van der Waals surface area contributed by atoms with Crippen LogP contribution in [0.3, 0.4) is 0 Å². The molecule has 0 bridgehead atoms. The molecular weight excluding hydrogens is 424 g/mol. The molecule has 5 rings (SSSR count). The maximum absolute atomic E-state index is 12.1. The average Bonchev–Trinajstić information content (AvgIpc) is 3.10. The van der Waals surface area contributed by atoms with Gasteiger partial charge in [-0.25, -0.2) is 9.97 Å². The molecule has 0 spiro atoms. The van der Waals surface area contributed by atoms with Crippen molar-refractivity contribution in [1.29, 1.82) is 0 Å². The SMILES string of the molecule is Cc1c(N)c(=O)ncn1-c1cc2cc(Nc3cc4n(n3)CC(=O)N(C)CC4)ncc2c(N)n1. The molecule has 0 aromatic carbocycles. The number of nitrogens with one attached hydrogen (secondary N) is 1. The standard InChI is InChI=1S/C21H22N10O2/c1-11-19(22)21(33)25-10-30(11)17-6-12-5-15(24-8-14(12)20(23)27-17)26-16-7-13-3-4-29(2)18(32)9-31(13)28-16/h5-8,10H,3-4,9,22H2,1-2H3,(H2,23,27)(H,24,26,28). The average molecular weight is 446 g/mol. The van der Waals surface area contributed by atoms with E-state index in [1.54, 1.807) is 34.3 Å². The lowest BCUT2D eigenvalue weighted by Crippen LogP contribution is -2.29. The van der Waals surface area contributed by atoms with Gasteiger partial charge in [0.2, 0.25) is 5.91 Å². The number of fused-ring (bicyclic) bond motifs is 2. The Balaban J connectivity index is 1.50. The molecule has 168 valence electrons. The van der Waals surface area contributed by atoms with Gasteiger partial charge in [0, 0.05) is 43.4 Å². The normalized spacial score (nSPS) is 13.8. The number of hydrogen-bond donors (Lipinski definition) is 3.